The fraction of sp³-hybridized carbons (Fsp3) is 0.154. The molecule has 1 aromatic rings. The predicted octanol–water partition coefficient (Wildman–Crippen LogP) is 5.46. The minimum absolute atomic E-state index is 0.214. The molecule has 1 aromatic carbocycles. The molecule has 0 saturated heterocycles. The van der Waals surface area contributed by atoms with E-state index < -0.39 is 7.71 Å². The molecule has 0 aromatic heterocycles. The van der Waals surface area contributed by atoms with Crippen LogP contribution < -0.4 is 5.43 Å². The molecule has 1 aliphatic heterocycles. The first-order valence-electron chi connectivity index (χ1n) is 5.90. The number of rotatable bonds is 2. The van der Waals surface area contributed by atoms with Gasteiger partial charge in [-0.1, -0.05) is 106 Å². The Morgan fingerprint density at radius 1 is 0.955 bits per heavy atom. The van der Waals surface area contributed by atoms with E-state index in [9.17, 15) is 0 Å². The Hall–Kier alpha value is -0.290. The normalized spacial score (nSPS) is 16.4. The number of hydrogen-bond acceptors (Lipinski definition) is 3. The smallest absolute Gasteiger partial charge is 0.278 e. The van der Waals surface area contributed by atoms with Crippen LogP contribution in [0.25, 0.3) is 6.08 Å². The Kier molecular flexibility index (Phi) is 5.81. The summed E-state index contributed by atoms with van der Waals surface area (Å²) in [6.07, 6.45) is 5.11. The molecule has 118 valence electrons. The maximum absolute atomic E-state index is 5.87. The Labute approximate surface area is 158 Å². The summed E-state index contributed by atoms with van der Waals surface area (Å²) in [4.78, 5) is 0. The van der Waals surface area contributed by atoms with Gasteiger partial charge in [0.25, 0.3) is 0 Å². The van der Waals surface area contributed by atoms with Crippen LogP contribution >= 0.6 is 69.6 Å². The van der Waals surface area contributed by atoms with Gasteiger partial charge in [-0.2, -0.15) is 10.2 Å². The van der Waals surface area contributed by atoms with Gasteiger partial charge in [-0.3, -0.25) is 5.43 Å². The second kappa shape index (κ2) is 7.08. The van der Waals surface area contributed by atoms with Crippen LogP contribution in [-0.4, -0.2) is 18.5 Å². The lowest BCUT2D eigenvalue weighted by Gasteiger charge is -2.33. The lowest BCUT2D eigenvalue weighted by atomic mass is 10.2. The van der Waals surface area contributed by atoms with Gasteiger partial charge >= 0.3 is 3.92 Å². The van der Waals surface area contributed by atoms with Crippen molar-refractivity contribution in [2.24, 2.45) is 5.10 Å². The fourth-order valence-electron chi connectivity index (χ4n) is 1.56. The summed E-state index contributed by atoms with van der Waals surface area (Å²) in [5.74, 6) is 0. The van der Waals surface area contributed by atoms with Gasteiger partial charge in [-0.25, -0.2) is 0 Å². The Balaban J connectivity index is 2.31. The van der Waals surface area contributed by atoms with E-state index in [2.05, 4.69) is 10.5 Å². The molecule has 0 amide bonds. The number of hydrazone groups is 1. The number of benzene rings is 1. The predicted molar refractivity (Wildman–Crippen MR) is 96.5 cm³/mol. The Morgan fingerprint density at radius 2 is 1.59 bits per heavy atom. The van der Waals surface area contributed by atoms with E-state index in [1.165, 1.54) is 0 Å². The highest BCUT2D eigenvalue weighted by molar-refractivity contribution is 6.69. The van der Waals surface area contributed by atoms with Crippen molar-refractivity contribution in [2.45, 2.75) is 7.71 Å². The Bertz CT molecular complexity index is 613. The third-order valence-electron chi connectivity index (χ3n) is 2.53. The zero-order valence-electron chi connectivity index (χ0n) is 10.8. The number of halogens is 6. The summed E-state index contributed by atoms with van der Waals surface area (Å²) >= 11 is 35.1. The first-order chi connectivity index (χ1) is 10.2. The van der Waals surface area contributed by atoms with Crippen molar-refractivity contribution in [3.63, 3.8) is 0 Å². The molecule has 2 rings (SSSR count). The van der Waals surface area contributed by atoms with Crippen LogP contribution in [0.4, 0.5) is 0 Å². The molecule has 0 fully saturated rings. The van der Waals surface area contributed by atoms with Gasteiger partial charge in [-0.15, -0.1) is 0 Å². The van der Waals surface area contributed by atoms with E-state index in [1.807, 2.05) is 36.4 Å². The molecule has 0 saturated carbocycles. The number of alkyl halides is 6. The van der Waals surface area contributed by atoms with Crippen LogP contribution in [0.5, 0.6) is 0 Å². The highest BCUT2D eigenvalue weighted by Gasteiger charge is 2.36. The average Bonchev–Trinajstić information content (AvgIpc) is 2.44. The van der Waals surface area contributed by atoms with Crippen molar-refractivity contribution in [1.82, 2.24) is 10.5 Å². The lowest BCUT2D eigenvalue weighted by molar-refractivity contribution is 0.216. The lowest BCUT2D eigenvalue weighted by Crippen LogP contribution is -2.47. The van der Waals surface area contributed by atoms with E-state index in [1.54, 1.807) is 12.2 Å². The molecule has 9 heteroatoms. The zero-order chi connectivity index (χ0) is 16.4. The van der Waals surface area contributed by atoms with Crippen LogP contribution in [0, 0.1) is 0 Å². The van der Waals surface area contributed by atoms with Gasteiger partial charge in [0.1, 0.15) is 0 Å². The summed E-state index contributed by atoms with van der Waals surface area (Å²) in [7, 11) is 0. The third kappa shape index (κ3) is 5.12. The van der Waals surface area contributed by atoms with Crippen LogP contribution in [0.2, 0.25) is 0 Å². The standard InChI is InChI=1S/C13H9Cl6N3/c14-12(15,16)11-8-10(20-22(21-11)13(17,18)19)7-6-9-4-2-1-3-5-9/h1-8,21H/b7-6+. The SMILES string of the molecule is ClC(Cl)(Cl)C1=CC(/C=C/c2ccccc2)=NN(C(Cl)(Cl)Cl)N1. The van der Waals surface area contributed by atoms with Gasteiger partial charge in [-0.05, 0) is 17.7 Å². The van der Waals surface area contributed by atoms with E-state index in [-0.39, 0.29) is 5.70 Å². The summed E-state index contributed by atoms with van der Waals surface area (Å²) in [5, 5.41) is 5.12. The molecular formula is C13H9Cl6N3. The van der Waals surface area contributed by atoms with Crippen LogP contribution in [0.3, 0.4) is 0 Å². The van der Waals surface area contributed by atoms with Gasteiger partial charge in [0, 0.05) is 0 Å². The molecule has 0 bridgehead atoms. The van der Waals surface area contributed by atoms with Crippen molar-refractivity contribution >= 4 is 81.4 Å². The molecule has 0 radical (unpaired) electrons. The number of hydrogen-bond donors (Lipinski definition) is 1. The second-order valence-electron chi connectivity index (χ2n) is 4.22. The Morgan fingerprint density at radius 3 is 2.14 bits per heavy atom. The minimum atomic E-state index is -1.85. The maximum atomic E-state index is 5.87. The van der Waals surface area contributed by atoms with E-state index in [0.29, 0.717) is 5.71 Å². The van der Waals surface area contributed by atoms with Crippen molar-refractivity contribution in [3.05, 3.63) is 53.7 Å². The highest BCUT2D eigenvalue weighted by Crippen LogP contribution is 2.37. The van der Waals surface area contributed by atoms with Gasteiger partial charge in [0.2, 0.25) is 3.79 Å². The topological polar surface area (TPSA) is 27.6 Å². The molecule has 3 nitrogen and oxygen atoms in total. The summed E-state index contributed by atoms with van der Waals surface area (Å²) < 4.78 is -3.56. The molecule has 0 aliphatic carbocycles. The molecule has 1 heterocycles. The van der Waals surface area contributed by atoms with Crippen LogP contribution in [0.1, 0.15) is 5.56 Å². The molecular weight excluding hydrogens is 411 g/mol. The van der Waals surface area contributed by atoms with Crippen LogP contribution in [-0.2, 0) is 0 Å². The molecule has 22 heavy (non-hydrogen) atoms. The highest BCUT2D eigenvalue weighted by atomic mass is 35.6. The quantitative estimate of drug-likeness (QED) is 0.509. The number of allylic oxidation sites excluding steroid dienone is 3. The third-order valence-corrected chi connectivity index (χ3v) is 3.62. The van der Waals surface area contributed by atoms with Crippen molar-refractivity contribution in [2.75, 3.05) is 0 Å². The van der Waals surface area contributed by atoms with Crippen molar-refractivity contribution in [1.29, 1.82) is 0 Å². The van der Waals surface area contributed by atoms with E-state index in [0.717, 1.165) is 10.7 Å². The van der Waals surface area contributed by atoms with Crippen LogP contribution in [0.15, 0.2) is 53.3 Å². The molecule has 0 atom stereocenters. The van der Waals surface area contributed by atoms with Gasteiger partial charge in [0.15, 0.2) is 0 Å². The molecule has 1 aliphatic rings. The molecule has 0 unspecified atom stereocenters. The first-order valence-corrected chi connectivity index (χ1v) is 8.17. The molecule has 0 spiro atoms. The summed E-state index contributed by atoms with van der Waals surface area (Å²) in [6, 6.07) is 9.62. The monoisotopic (exact) mass is 417 g/mol. The zero-order valence-corrected chi connectivity index (χ0v) is 15.3. The van der Waals surface area contributed by atoms with Gasteiger partial charge in [0.05, 0.1) is 11.4 Å². The molecule has 1 N–H and O–H groups in total. The number of nitrogens with one attached hydrogen (secondary N) is 1. The van der Waals surface area contributed by atoms with Crippen molar-refractivity contribution in [3.8, 4) is 0 Å². The minimum Gasteiger partial charge on any atom is -0.278 e. The van der Waals surface area contributed by atoms with Gasteiger partial charge < -0.3 is 0 Å². The summed E-state index contributed by atoms with van der Waals surface area (Å²) in [5.41, 5.74) is 4.29. The van der Waals surface area contributed by atoms with E-state index in [4.69, 9.17) is 69.6 Å². The van der Waals surface area contributed by atoms with Crippen molar-refractivity contribution < 1.29 is 0 Å². The largest absolute Gasteiger partial charge is 0.301 e. The number of nitrogens with zero attached hydrogens (tertiary/aromatic N) is 2. The number of hydrazine groups is 1. The first kappa shape index (κ1) is 18.1. The second-order valence-corrected chi connectivity index (χ2v) is 8.72. The summed E-state index contributed by atoms with van der Waals surface area (Å²) in [6.45, 7) is 0. The maximum Gasteiger partial charge on any atom is 0.301 e. The van der Waals surface area contributed by atoms with E-state index >= 15 is 0 Å². The average molecular weight is 420 g/mol. The fourth-order valence-corrected chi connectivity index (χ4v) is 2.09.